The summed E-state index contributed by atoms with van der Waals surface area (Å²) < 4.78 is 0. The van der Waals surface area contributed by atoms with E-state index in [1.807, 2.05) is 13.8 Å². The first-order chi connectivity index (χ1) is 13.5. The zero-order valence-corrected chi connectivity index (χ0v) is 24.5. The fourth-order valence-corrected chi connectivity index (χ4v) is 5.10. The largest absolute Gasteiger partial charge is 0.0891 e. The van der Waals surface area contributed by atoms with Gasteiger partial charge >= 0.3 is 0 Å². The van der Waals surface area contributed by atoms with Crippen molar-refractivity contribution in [2.45, 2.75) is 140 Å². The lowest BCUT2D eigenvalue weighted by Gasteiger charge is -2.36. The SMILES string of the molecule is CC.CCC(C)C.CCCC(Br)CC(C)C(C)C(CC(CC)C(C)CC)C(C)C. The van der Waals surface area contributed by atoms with Crippen molar-refractivity contribution in [2.75, 3.05) is 0 Å². The van der Waals surface area contributed by atoms with Crippen LogP contribution in [0.15, 0.2) is 0 Å². The summed E-state index contributed by atoms with van der Waals surface area (Å²) >= 11 is 3.89. The highest BCUT2D eigenvalue weighted by Crippen LogP contribution is 2.38. The number of alkyl halides is 1. The third-order valence-corrected chi connectivity index (χ3v) is 7.85. The lowest BCUT2D eigenvalue weighted by Crippen LogP contribution is -2.28. The zero-order valence-electron chi connectivity index (χ0n) is 22.9. The van der Waals surface area contributed by atoms with Crippen molar-refractivity contribution in [3.63, 3.8) is 0 Å². The lowest BCUT2D eigenvalue weighted by atomic mass is 9.70. The molecule has 6 atom stereocenters. The lowest BCUT2D eigenvalue weighted by molar-refractivity contribution is 0.140. The van der Waals surface area contributed by atoms with Crippen molar-refractivity contribution in [3.8, 4) is 0 Å². The van der Waals surface area contributed by atoms with Crippen LogP contribution in [0.1, 0.15) is 135 Å². The topological polar surface area (TPSA) is 0 Å². The van der Waals surface area contributed by atoms with E-state index in [4.69, 9.17) is 0 Å². The van der Waals surface area contributed by atoms with Crippen LogP contribution in [0.4, 0.5) is 0 Å². The quantitative estimate of drug-likeness (QED) is 0.231. The predicted molar refractivity (Wildman–Crippen MR) is 143 cm³/mol. The van der Waals surface area contributed by atoms with Crippen LogP contribution in [0.2, 0.25) is 0 Å². The Morgan fingerprint density at radius 3 is 1.45 bits per heavy atom. The number of hydrogen-bond acceptors (Lipinski definition) is 0. The van der Waals surface area contributed by atoms with Gasteiger partial charge < -0.3 is 0 Å². The summed E-state index contributed by atoms with van der Waals surface area (Å²) in [7, 11) is 0. The van der Waals surface area contributed by atoms with Gasteiger partial charge in [-0.1, -0.05) is 132 Å². The molecule has 29 heavy (non-hydrogen) atoms. The molecule has 180 valence electrons. The average Bonchev–Trinajstić information content (AvgIpc) is 2.69. The molecule has 6 unspecified atom stereocenters. The van der Waals surface area contributed by atoms with Crippen molar-refractivity contribution in [2.24, 2.45) is 41.4 Å². The fourth-order valence-electron chi connectivity index (χ4n) is 4.05. The molecule has 0 saturated heterocycles. The summed E-state index contributed by atoms with van der Waals surface area (Å²) in [6.45, 7) is 30.0. The molecule has 0 fully saturated rings. The first kappa shape index (κ1) is 34.1. The molecule has 0 saturated carbocycles. The summed E-state index contributed by atoms with van der Waals surface area (Å²) in [5.74, 6) is 5.98. The molecule has 0 aliphatic rings. The third kappa shape index (κ3) is 17.8. The van der Waals surface area contributed by atoms with Gasteiger partial charge in [-0.25, -0.2) is 0 Å². The van der Waals surface area contributed by atoms with E-state index in [9.17, 15) is 0 Å². The Balaban J connectivity index is -0.000000833. The molecule has 0 N–H and O–H groups in total. The minimum atomic E-state index is 0.708. The van der Waals surface area contributed by atoms with Gasteiger partial charge in [0.05, 0.1) is 0 Å². The smallest absolute Gasteiger partial charge is 0.0148 e. The predicted octanol–water partition coefficient (Wildman–Crippen LogP) is 11.0. The third-order valence-electron chi connectivity index (χ3n) is 7.02. The molecule has 0 rings (SSSR count). The fraction of sp³-hybridized carbons (Fsp3) is 1.00. The molecule has 0 aromatic rings. The number of hydrogen-bond donors (Lipinski definition) is 0. The maximum Gasteiger partial charge on any atom is 0.0148 e. The van der Waals surface area contributed by atoms with E-state index in [0.29, 0.717) is 4.83 Å². The van der Waals surface area contributed by atoms with Crippen LogP contribution in [-0.4, -0.2) is 4.83 Å². The second kappa shape index (κ2) is 21.7. The van der Waals surface area contributed by atoms with E-state index < -0.39 is 0 Å². The maximum atomic E-state index is 3.89. The highest BCUT2D eigenvalue weighted by atomic mass is 79.9. The van der Waals surface area contributed by atoms with Crippen molar-refractivity contribution >= 4 is 15.9 Å². The van der Waals surface area contributed by atoms with E-state index in [1.165, 1.54) is 44.9 Å². The molecule has 0 spiro atoms. The van der Waals surface area contributed by atoms with Crippen molar-refractivity contribution in [3.05, 3.63) is 0 Å². The van der Waals surface area contributed by atoms with Crippen LogP contribution in [-0.2, 0) is 0 Å². The van der Waals surface area contributed by atoms with Gasteiger partial charge in [0, 0.05) is 4.83 Å². The summed E-state index contributed by atoms with van der Waals surface area (Å²) in [4.78, 5) is 0.708. The second-order valence-electron chi connectivity index (χ2n) is 9.96. The van der Waals surface area contributed by atoms with Crippen molar-refractivity contribution in [1.82, 2.24) is 0 Å². The second-order valence-corrected chi connectivity index (χ2v) is 11.3. The van der Waals surface area contributed by atoms with Gasteiger partial charge in [-0.15, -0.1) is 0 Å². The summed E-state index contributed by atoms with van der Waals surface area (Å²) in [5.41, 5.74) is 0. The van der Waals surface area contributed by atoms with Crippen LogP contribution in [0, 0.1) is 41.4 Å². The maximum absolute atomic E-state index is 3.89. The standard InChI is InChI=1S/C21H43Br.C5H12.C2H6/c1-9-12-20(22)13-17(7)18(8)21(15(4)5)14-19(11-3)16(6)10-2;1-4-5(2)3;1-2/h15-21H,9-14H2,1-8H3;5H,4H2,1-3H3;1-2H3. The minimum Gasteiger partial charge on any atom is -0.0891 e. The molecule has 0 aliphatic carbocycles. The van der Waals surface area contributed by atoms with Crippen molar-refractivity contribution in [1.29, 1.82) is 0 Å². The Hall–Kier alpha value is 0.480. The molecular formula is C28H61Br. The first-order valence-electron chi connectivity index (χ1n) is 13.2. The molecule has 0 aromatic carbocycles. The zero-order chi connectivity index (χ0) is 23.6. The van der Waals surface area contributed by atoms with E-state index in [0.717, 1.165) is 41.4 Å². The first-order valence-corrected chi connectivity index (χ1v) is 14.1. The molecule has 1 heteroatoms. The molecule has 0 amide bonds. The molecule has 0 aliphatic heterocycles. The van der Waals surface area contributed by atoms with Crippen LogP contribution < -0.4 is 0 Å². The Bertz CT molecular complexity index is 309. The van der Waals surface area contributed by atoms with Crippen LogP contribution in [0.3, 0.4) is 0 Å². The number of rotatable bonds is 13. The van der Waals surface area contributed by atoms with Gasteiger partial charge in [-0.3, -0.25) is 0 Å². The summed E-state index contributed by atoms with van der Waals surface area (Å²) in [6.07, 6.45) is 9.33. The minimum absolute atomic E-state index is 0.708. The average molecular weight is 478 g/mol. The van der Waals surface area contributed by atoms with Gasteiger partial charge in [0.2, 0.25) is 0 Å². The van der Waals surface area contributed by atoms with Crippen LogP contribution >= 0.6 is 15.9 Å². The molecule has 0 bridgehead atoms. The normalized spacial score (nSPS) is 17.4. The Kier molecular flexibility index (Phi) is 25.5. The molecule has 0 radical (unpaired) electrons. The van der Waals surface area contributed by atoms with E-state index >= 15 is 0 Å². The van der Waals surface area contributed by atoms with E-state index in [2.05, 4.69) is 92.1 Å². The number of halogens is 1. The molecule has 0 aromatic heterocycles. The van der Waals surface area contributed by atoms with Gasteiger partial charge in [0.25, 0.3) is 0 Å². The van der Waals surface area contributed by atoms with Gasteiger partial charge in [0.15, 0.2) is 0 Å². The summed E-state index contributed by atoms with van der Waals surface area (Å²) in [5, 5.41) is 0. The Morgan fingerprint density at radius 1 is 0.655 bits per heavy atom. The van der Waals surface area contributed by atoms with E-state index in [-0.39, 0.29) is 0 Å². The monoisotopic (exact) mass is 476 g/mol. The van der Waals surface area contributed by atoms with Crippen LogP contribution in [0.5, 0.6) is 0 Å². The molecule has 0 nitrogen and oxygen atoms in total. The summed E-state index contributed by atoms with van der Waals surface area (Å²) in [6, 6.07) is 0. The molecule has 0 heterocycles. The highest BCUT2D eigenvalue weighted by Gasteiger charge is 2.29. The van der Waals surface area contributed by atoms with E-state index in [1.54, 1.807) is 0 Å². The Labute approximate surface area is 196 Å². The van der Waals surface area contributed by atoms with Gasteiger partial charge in [-0.2, -0.15) is 0 Å². The Morgan fingerprint density at radius 2 is 1.14 bits per heavy atom. The van der Waals surface area contributed by atoms with Gasteiger partial charge in [0.1, 0.15) is 0 Å². The van der Waals surface area contributed by atoms with Crippen molar-refractivity contribution < 1.29 is 0 Å². The highest BCUT2D eigenvalue weighted by molar-refractivity contribution is 9.09. The molecular weight excluding hydrogens is 416 g/mol. The van der Waals surface area contributed by atoms with Crippen LogP contribution in [0.25, 0.3) is 0 Å². The van der Waals surface area contributed by atoms with Gasteiger partial charge in [-0.05, 0) is 60.7 Å².